The Kier molecular flexibility index (Phi) is 10.6. The van der Waals surface area contributed by atoms with E-state index in [9.17, 15) is 29.4 Å². The zero-order valence-electron chi connectivity index (χ0n) is 19.6. The van der Waals surface area contributed by atoms with E-state index in [0.29, 0.717) is 19.4 Å². The second-order valence-electron chi connectivity index (χ2n) is 8.35. The molecular formula is C23H34N6O6. The van der Waals surface area contributed by atoms with E-state index in [4.69, 9.17) is 11.5 Å². The van der Waals surface area contributed by atoms with Crippen LogP contribution in [0, 0.1) is 0 Å². The van der Waals surface area contributed by atoms with Crippen LogP contribution < -0.4 is 27.4 Å². The van der Waals surface area contributed by atoms with Gasteiger partial charge in [-0.05, 0) is 44.4 Å². The molecule has 0 aliphatic rings. The second-order valence-corrected chi connectivity index (χ2v) is 8.35. The van der Waals surface area contributed by atoms with Crippen molar-refractivity contribution in [1.82, 2.24) is 20.9 Å². The number of benzene rings is 1. The van der Waals surface area contributed by atoms with Gasteiger partial charge in [0.05, 0.1) is 12.6 Å². The number of rotatable bonds is 14. The lowest BCUT2D eigenvalue weighted by Crippen LogP contribution is -2.56. The Balaban J connectivity index is 2.07. The Morgan fingerprint density at radius 3 is 2.43 bits per heavy atom. The molecule has 3 amide bonds. The number of hydrogen-bond acceptors (Lipinski definition) is 7. The minimum atomic E-state index is -1.25. The first kappa shape index (κ1) is 27.8. The average molecular weight is 491 g/mol. The van der Waals surface area contributed by atoms with Gasteiger partial charge in [-0.15, -0.1) is 0 Å². The molecule has 1 heterocycles. The molecule has 2 aromatic rings. The molecule has 0 bridgehead atoms. The third kappa shape index (κ3) is 8.35. The number of fused-ring (bicyclic) bond motifs is 1. The third-order valence-electron chi connectivity index (χ3n) is 5.56. The molecule has 4 atom stereocenters. The van der Waals surface area contributed by atoms with Crippen molar-refractivity contribution in [2.75, 3.05) is 13.1 Å². The van der Waals surface area contributed by atoms with E-state index in [2.05, 4.69) is 20.9 Å². The Morgan fingerprint density at radius 2 is 1.77 bits per heavy atom. The van der Waals surface area contributed by atoms with Crippen molar-refractivity contribution >= 4 is 34.6 Å². The lowest BCUT2D eigenvalue weighted by atomic mass is 10.0. The van der Waals surface area contributed by atoms with Gasteiger partial charge in [-0.3, -0.25) is 14.4 Å². The first-order chi connectivity index (χ1) is 16.6. The number of amides is 3. The molecule has 1 aromatic carbocycles. The summed E-state index contributed by atoms with van der Waals surface area (Å²) in [6.07, 6.45) is 2.04. The number of para-hydroxylation sites is 1. The molecule has 12 heteroatoms. The number of carboxylic acids is 1. The number of hydrogen-bond donors (Lipinski definition) is 8. The number of aromatic nitrogens is 1. The van der Waals surface area contributed by atoms with E-state index < -0.39 is 54.5 Å². The predicted molar refractivity (Wildman–Crippen MR) is 129 cm³/mol. The maximum atomic E-state index is 12.9. The normalized spacial score (nSPS) is 14.5. The van der Waals surface area contributed by atoms with Crippen LogP contribution in [0.1, 0.15) is 31.7 Å². The van der Waals surface area contributed by atoms with Crippen LogP contribution in [-0.4, -0.2) is 76.2 Å². The quantitative estimate of drug-likeness (QED) is 0.149. The van der Waals surface area contributed by atoms with E-state index in [1.54, 1.807) is 6.20 Å². The number of carbonyl (C=O) groups is 4. The highest BCUT2D eigenvalue weighted by molar-refractivity contribution is 5.93. The summed E-state index contributed by atoms with van der Waals surface area (Å²) in [4.78, 5) is 52.1. The van der Waals surface area contributed by atoms with E-state index in [-0.39, 0.29) is 12.8 Å². The standard InChI is InChI=1S/C23H34N6O6/c1-13(30)20(25)22(33)29-18(10-14-11-26-16-7-3-2-6-15(14)16)21(32)27-12-19(31)28-17(23(34)35)8-4-5-9-24/h2-3,6-7,11,13,17-18,20,26,30H,4-5,8-10,12,24-25H2,1H3,(H,27,32)(H,28,31)(H,29,33)(H,34,35). The summed E-state index contributed by atoms with van der Waals surface area (Å²) in [5.74, 6) is -3.25. The molecule has 0 saturated heterocycles. The van der Waals surface area contributed by atoms with Gasteiger partial charge >= 0.3 is 5.97 Å². The minimum absolute atomic E-state index is 0.0899. The van der Waals surface area contributed by atoms with Gasteiger partial charge in [-0.1, -0.05) is 18.2 Å². The van der Waals surface area contributed by atoms with Crippen molar-refractivity contribution in [1.29, 1.82) is 0 Å². The third-order valence-corrected chi connectivity index (χ3v) is 5.56. The van der Waals surface area contributed by atoms with Gasteiger partial charge in [-0.25, -0.2) is 4.79 Å². The maximum Gasteiger partial charge on any atom is 0.326 e. The summed E-state index contributed by atoms with van der Waals surface area (Å²) in [6, 6.07) is 3.98. The highest BCUT2D eigenvalue weighted by atomic mass is 16.4. The molecule has 0 aliphatic carbocycles. The molecule has 0 aliphatic heterocycles. The number of unbranched alkanes of at least 4 members (excludes halogenated alkanes) is 1. The minimum Gasteiger partial charge on any atom is -0.480 e. The Hall–Kier alpha value is -3.48. The van der Waals surface area contributed by atoms with Crippen molar-refractivity contribution in [3.63, 3.8) is 0 Å². The predicted octanol–water partition coefficient (Wildman–Crippen LogP) is -1.28. The van der Waals surface area contributed by atoms with Crippen molar-refractivity contribution in [3.05, 3.63) is 36.0 Å². The van der Waals surface area contributed by atoms with Crippen molar-refractivity contribution in [3.8, 4) is 0 Å². The largest absolute Gasteiger partial charge is 0.480 e. The van der Waals surface area contributed by atoms with Crippen LogP contribution in [0.4, 0.5) is 0 Å². The second kappa shape index (κ2) is 13.4. The summed E-state index contributed by atoms with van der Waals surface area (Å²) in [5.41, 5.74) is 12.7. The van der Waals surface area contributed by atoms with Crippen molar-refractivity contribution in [2.24, 2.45) is 11.5 Å². The highest BCUT2D eigenvalue weighted by Crippen LogP contribution is 2.19. The first-order valence-electron chi connectivity index (χ1n) is 11.4. The van der Waals surface area contributed by atoms with Crippen LogP contribution in [0.2, 0.25) is 0 Å². The monoisotopic (exact) mass is 490 g/mol. The van der Waals surface area contributed by atoms with E-state index in [1.807, 2.05) is 24.3 Å². The smallest absolute Gasteiger partial charge is 0.326 e. The molecular weight excluding hydrogens is 456 g/mol. The molecule has 2 rings (SSSR count). The number of aliphatic carboxylic acids is 1. The van der Waals surface area contributed by atoms with Crippen LogP contribution in [-0.2, 0) is 25.6 Å². The number of aliphatic hydroxyl groups is 1. The zero-order valence-corrected chi connectivity index (χ0v) is 19.6. The Morgan fingerprint density at radius 1 is 1.06 bits per heavy atom. The van der Waals surface area contributed by atoms with Crippen LogP contribution >= 0.6 is 0 Å². The Labute approximate surface area is 202 Å². The van der Waals surface area contributed by atoms with E-state index >= 15 is 0 Å². The fraction of sp³-hybridized carbons (Fsp3) is 0.478. The molecule has 192 valence electrons. The lowest BCUT2D eigenvalue weighted by Gasteiger charge is -2.22. The molecule has 4 unspecified atom stereocenters. The van der Waals surface area contributed by atoms with Crippen LogP contribution in [0.25, 0.3) is 10.9 Å². The Bertz CT molecular complexity index is 1020. The fourth-order valence-electron chi connectivity index (χ4n) is 3.50. The van der Waals surface area contributed by atoms with Gasteiger partial charge < -0.3 is 42.6 Å². The molecule has 0 fully saturated rings. The van der Waals surface area contributed by atoms with Crippen molar-refractivity contribution in [2.45, 2.75) is 56.8 Å². The van der Waals surface area contributed by atoms with Crippen LogP contribution in [0.3, 0.4) is 0 Å². The average Bonchev–Trinajstić information content (AvgIpc) is 3.23. The summed E-state index contributed by atoms with van der Waals surface area (Å²) < 4.78 is 0. The molecule has 1 aromatic heterocycles. The number of carboxylic acid groups (broad SMARTS) is 1. The topological polar surface area (TPSA) is 213 Å². The number of nitrogens with two attached hydrogens (primary N) is 2. The number of H-pyrrole nitrogens is 1. The van der Waals surface area contributed by atoms with Gasteiger partial charge in [0.15, 0.2) is 0 Å². The number of carbonyl (C=O) groups excluding carboxylic acids is 3. The number of aliphatic hydroxyl groups excluding tert-OH is 1. The molecule has 0 radical (unpaired) electrons. The van der Waals surface area contributed by atoms with E-state index in [1.165, 1.54) is 6.92 Å². The van der Waals surface area contributed by atoms with Crippen LogP contribution in [0.15, 0.2) is 30.5 Å². The summed E-state index contributed by atoms with van der Waals surface area (Å²) in [6.45, 7) is 1.29. The highest BCUT2D eigenvalue weighted by Gasteiger charge is 2.27. The van der Waals surface area contributed by atoms with Gasteiger partial charge in [0, 0.05) is 23.5 Å². The molecule has 0 saturated carbocycles. The number of nitrogens with one attached hydrogen (secondary N) is 4. The van der Waals surface area contributed by atoms with Gasteiger partial charge in [0.25, 0.3) is 0 Å². The number of aromatic amines is 1. The van der Waals surface area contributed by atoms with Gasteiger partial charge in [-0.2, -0.15) is 0 Å². The molecule has 0 spiro atoms. The SMILES string of the molecule is CC(O)C(N)C(=O)NC(Cc1c[nH]c2ccccc12)C(=O)NCC(=O)NC(CCCCN)C(=O)O. The molecule has 12 nitrogen and oxygen atoms in total. The molecule has 35 heavy (non-hydrogen) atoms. The zero-order chi connectivity index (χ0) is 26.0. The summed E-state index contributed by atoms with van der Waals surface area (Å²) in [5, 5.41) is 27.1. The summed E-state index contributed by atoms with van der Waals surface area (Å²) in [7, 11) is 0. The maximum absolute atomic E-state index is 12.9. The lowest BCUT2D eigenvalue weighted by molar-refractivity contribution is -0.142. The van der Waals surface area contributed by atoms with Gasteiger partial charge in [0.1, 0.15) is 18.1 Å². The van der Waals surface area contributed by atoms with E-state index in [0.717, 1.165) is 16.5 Å². The molecule has 10 N–H and O–H groups in total. The first-order valence-corrected chi connectivity index (χ1v) is 11.4. The summed E-state index contributed by atoms with van der Waals surface area (Å²) >= 11 is 0. The fourth-order valence-corrected chi connectivity index (χ4v) is 3.50. The van der Waals surface area contributed by atoms with Crippen LogP contribution in [0.5, 0.6) is 0 Å². The van der Waals surface area contributed by atoms with Gasteiger partial charge in [0.2, 0.25) is 17.7 Å². The van der Waals surface area contributed by atoms with Crippen molar-refractivity contribution < 1.29 is 29.4 Å².